The van der Waals surface area contributed by atoms with Crippen LogP contribution < -0.4 is 5.32 Å². The number of aliphatic hydroxyl groups excluding tert-OH is 6. The van der Waals surface area contributed by atoms with E-state index in [0.717, 1.165) is 44.9 Å². The molecule has 1 heterocycles. The van der Waals surface area contributed by atoms with Crippen LogP contribution in [0.5, 0.6) is 0 Å². The van der Waals surface area contributed by atoms with E-state index in [0.29, 0.717) is 6.42 Å². The van der Waals surface area contributed by atoms with Crippen molar-refractivity contribution in [3.8, 4) is 0 Å². The Labute approximate surface area is 317 Å². The maximum atomic E-state index is 13.0. The van der Waals surface area contributed by atoms with Crippen molar-refractivity contribution >= 4 is 5.91 Å². The lowest BCUT2D eigenvalue weighted by Crippen LogP contribution is -2.60. The van der Waals surface area contributed by atoms with Crippen molar-refractivity contribution in [2.24, 2.45) is 0 Å². The summed E-state index contributed by atoms with van der Waals surface area (Å²) < 4.78 is 11.1. The number of amides is 1. The van der Waals surface area contributed by atoms with E-state index in [1.807, 2.05) is 6.08 Å². The van der Waals surface area contributed by atoms with Crippen LogP contribution in [0, 0.1) is 0 Å². The molecule has 0 aromatic carbocycles. The summed E-state index contributed by atoms with van der Waals surface area (Å²) >= 11 is 0. The first-order valence-corrected chi connectivity index (χ1v) is 21.5. The Morgan fingerprint density at radius 1 is 0.654 bits per heavy atom. The van der Waals surface area contributed by atoms with Gasteiger partial charge in [0.1, 0.15) is 30.5 Å². The Kier molecular flexibility index (Phi) is 31.3. The molecule has 7 N–H and O–H groups in total. The zero-order chi connectivity index (χ0) is 38.2. The largest absolute Gasteiger partial charge is 0.394 e. The Morgan fingerprint density at radius 2 is 1.10 bits per heavy atom. The molecule has 1 aliphatic rings. The Bertz CT molecular complexity index is 844. The molecule has 0 aliphatic carbocycles. The summed E-state index contributed by atoms with van der Waals surface area (Å²) in [5, 5.41) is 64.5. The molecule has 308 valence electrons. The van der Waals surface area contributed by atoms with Gasteiger partial charge in [-0.1, -0.05) is 180 Å². The minimum absolute atomic E-state index is 0.302. The third kappa shape index (κ3) is 23.6. The van der Waals surface area contributed by atoms with Crippen molar-refractivity contribution in [3.63, 3.8) is 0 Å². The summed E-state index contributed by atoms with van der Waals surface area (Å²) in [7, 11) is 0. The van der Waals surface area contributed by atoms with E-state index in [9.17, 15) is 35.4 Å². The molecule has 8 atom stereocenters. The summed E-state index contributed by atoms with van der Waals surface area (Å²) in [6.45, 7) is 3.59. The molecule has 1 amide bonds. The number of unbranched alkanes of at least 4 members (excludes halogenated alkanes) is 24. The minimum Gasteiger partial charge on any atom is -0.394 e. The van der Waals surface area contributed by atoms with Gasteiger partial charge in [0.2, 0.25) is 5.91 Å². The highest BCUT2D eigenvalue weighted by molar-refractivity contribution is 5.80. The number of hydrogen-bond donors (Lipinski definition) is 7. The molecule has 0 radical (unpaired) electrons. The third-order valence-corrected chi connectivity index (χ3v) is 10.5. The standard InChI is InChI=1S/C42H81NO9/c1-3-5-7-9-11-13-15-17-19-21-23-25-27-29-31-36(46)41(50)43-34(33-51-42-40(49)39(48)38(47)37(32-44)52-42)35(45)30-28-26-24-22-20-18-16-14-12-10-8-6-4-2/h28,30,34-40,42,44-49H,3-27,29,31-33H2,1-2H3,(H,43,50)/b30-28+/t34-,35+,36?,37+,38-,39-,40+,42+/m0/s1. The smallest absolute Gasteiger partial charge is 0.249 e. The van der Waals surface area contributed by atoms with Crippen LogP contribution in [0.2, 0.25) is 0 Å². The highest BCUT2D eigenvalue weighted by Crippen LogP contribution is 2.23. The average molecular weight is 744 g/mol. The lowest BCUT2D eigenvalue weighted by atomic mass is 9.99. The molecule has 0 aromatic heterocycles. The van der Waals surface area contributed by atoms with Crippen molar-refractivity contribution in [1.29, 1.82) is 0 Å². The summed E-state index contributed by atoms with van der Waals surface area (Å²) in [6, 6.07) is -0.973. The fourth-order valence-electron chi connectivity index (χ4n) is 6.87. The van der Waals surface area contributed by atoms with E-state index >= 15 is 0 Å². The summed E-state index contributed by atoms with van der Waals surface area (Å²) in [5.74, 6) is -0.616. The molecule has 52 heavy (non-hydrogen) atoms. The Morgan fingerprint density at radius 3 is 1.56 bits per heavy atom. The number of hydrogen-bond acceptors (Lipinski definition) is 9. The van der Waals surface area contributed by atoms with Crippen LogP contribution in [0.4, 0.5) is 0 Å². The van der Waals surface area contributed by atoms with Crippen LogP contribution in [0.1, 0.15) is 187 Å². The van der Waals surface area contributed by atoms with Gasteiger partial charge in [-0.15, -0.1) is 0 Å². The van der Waals surface area contributed by atoms with Gasteiger partial charge in [-0.05, 0) is 19.3 Å². The average Bonchev–Trinajstić information content (AvgIpc) is 3.14. The zero-order valence-corrected chi connectivity index (χ0v) is 33.2. The van der Waals surface area contributed by atoms with Crippen molar-refractivity contribution < 1.29 is 44.9 Å². The van der Waals surface area contributed by atoms with E-state index in [2.05, 4.69) is 19.2 Å². The van der Waals surface area contributed by atoms with E-state index in [1.165, 1.54) is 122 Å². The normalized spacial score (nSPS) is 22.5. The van der Waals surface area contributed by atoms with Gasteiger partial charge in [0.15, 0.2) is 6.29 Å². The van der Waals surface area contributed by atoms with Crippen molar-refractivity contribution in [2.45, 2.75) is 236 Å². The van der Waals surface area contributed by atoms with Gasteiger partial charge in [-0.25, -0.2) is 0 Å². The predicted molar refractivity (Wildman–Crippen MR) is 209 cm³/mol. The highest BCUT2D eigenvalue weighted by Gasteiger charge is 2.44. The monoisotopic (exact) mass is 744 g/mol. The number of ether oxygens (including phenoxy) is 2. The van der Waals surface area contributed by atoms with E-state index in [-0.39, 0.29) is 6.61 Å². The molecule has 0 bridgehead atoms. The molecule has 0 saturated carbocycles. The lowest BCUT2D eigenvalue weighted by molar-refractivity contribution is -0.302. The first-order valence-electron chi connectivity index (χ1n) is 21.5. The zero-order valence-electron chi connectivity index (χ0n) is 33.2. The molecule has 10 nitrogen and oxygen atoms in total. The van der Waals surface area contributed by atoms with Crippen LogP contribution in [-0.2, 0) is 14.3 Å². The lowest BCUT2D eigenvalue weighted by Gasteiger charge is -2.40. The van der Waals surface area contributed by atoms with Gasteiger partial charge in [0.05, 0.1) is 25.4 Å². The van der Waals surface area contributed by atoms with Crippen LogP contribution in [0.15, 0.2) is 12.2 Å². The van der Waals surface area contributed by atoms with Crippen LogP contribution in [-0.4, -0.2) is 98.7 Å². The topological polar surface area (TPSA) is 169 Å². The molecule has 0 spiro atoms. The second kappa shape index (κ2) is 33.2. The maximum Gasteiger partial charge on any atom is 0.249 e. The van der Waals surface area contributed by atoms with Crippen LogP contribution in [0.25, 0.3) is 0 Å². The SMILES string of the molecule is CCCCCCCCCCCCC/C=C/[C@@H](O)[C@H](CO[C@@H]1O[C@H](CO)[C@H](O)[C@H](O)[C@H]1O)NC(=O)C(O)CCCCCCCCCCCCCCCC. The minimum atomic E-state index is -1.61. The molecule has 1 unspecified atom stereocenters. The second-order valence-corrected chi connectivity index (χ2v) is 15.3. The third-order valence-electron chi connectivity index (χ3n) is 10.5. The first-order chi connectivity index (χ1) is 25.3. The summed E-state index contributed by atoms with van der Waals surface area (Å²) in [6.07, 6.45) is 25.8. The number of carbonyl (C=O) groups excluding carboxylic acids is 1. The van der Waals surface area contributed by atoms with E-state index in [4.69, 9.17) is 9.47 Å². The molecule has 10 heteroatoms. The molecular formula is C42H81NO9. The fourth-order valence-corrected chi connectivity index (χ4v) is 6.87. The second-order valence-electron chi connectivity index (χ2n) is 15.3. The predicted octanol–water partition coefficient (Wildman–Crippen LogP) is 7.14. The van der Waals surface area contributed by atoms with Gasteiger partial charge in [-0.2, -0.15) is 0 Å². The molecule has 1 saturated heterocycles. The van der Waals surface area contributed by atoms with Crippen molar-refractivity contribution in [3.05, 3.63) is 12.2 Å². The van der Waals surface area contributed by atoms with E-state index < -0.39 is 61.5 Å². The maximum absolute atomic E-state index is 13.0. The van der Waals surface area contributed by atoms with Crippen LogP contribution in [0.3, 0.4) is 0 Å². The molecule has 1 fully saturated rings. The molecule has 1 aliphatic heterocycles. The first kappa shape index (κ1) is 48.9. The number of allylic oxidation sites excluding steroid dienone is 1. The molecule has 0 aromatic rings. The van der Waals surface area contributed by atoms with Crippen molar-refractivity contribution in [1.82, 2.24) is 5.32 Å². The number of carbonyl (C=O) groups is 1. The van der Waals surface area contributed by atoms with Crippen molar-refractivity contribution in [2.75, 3.05) is 13.2 Å². The Balaban J connectivity index is 2.46. The summed E-state index contributed by atoms with van der Waals surface area (Å²) in [4.78, 5) is 13.0. The Hall–Kier alpha value is -1.11. The summed E-state index contributed by atoms with van der Waals surface area (Å²) in [5.41, 5.74) is 0. The van der Waals surface area contributed by atoms with Gasteiger partial charge in [0.25, 0.3) is 0 Å². The van der Waals surface area contributed by atoms with Crippen LogP contribution >= 0.6 is 0 Å². The molecular weight excluding hydrogens is 662 g/mol. The fraction of sp³-hybridized carbons (Fsp3) is 0.929. The highest BCUT2D eigenvalue weighted by atomic mass is 16.7. The van der Waals surface area contributed by atoms with E-state index in [1.54, 1.807) is 6.08 Å². The number of rotatable bonds is 35. The molecule has 1 rings (SSSR count). The van der Waals surface area contributed by atoms with Gasteiger partial charge < -0.3 is 45.4 Å². The van der Waals surface area contributed by atoms with Gasteiger partial charge in [0, 0.05) is 0 Å². The van der Waals surface area contributed by atoms with Gasteiger partial charge >= 0.3 is 0 Å². The van der Waals surface area contributed by atoms with Gasteiger partial charge in [-0.3, -0.25) is 4.79 Å². The quantitative estimate of drug-likeness (QED) is 0.0264. The number of nitrogens with one attached hydrogen (secondary N) is 1. The number of aliphatic hydroxyl groups is 6.